The van der Waals surface area contributed by atoms with Crippen molar-refractivity contribution in [3.05, 3.63) is 30.1 Å². The minimum atomic E-state index is -0.195. The Hall–Kier alpha value is -0.970. The van der Waals surface area contributed by atoms with Crippen molar-refractivity contribution >= 4 is 0 Å². The zero-order valence-corrected chi connectivity index (χ0v) is 9.06. The van der Waals surface area contributed by atoms with Crippen molar-refractivity contribution in [2.75, 3.05) is 33.0 Å². The van der Waals surface area contributed by atoms with Crippen molar-refractivity contribution in [2.24, 2.45) is 5.41 Å². The van der Waals surface area contributed by atoms with E-state index < -0.39 is 0 Å². The summed E-state index contributed by atoms with van der Waals surface area (Å²) in [6, 6.07) is 5.89. The fraction of sp³-hybridized carbons (Fsp3) is 0.583. The summed E-state index contributed by atoms with van der Waals surface area (Å²) in [5.74, 6) is 0. The molecule has 0 radical (unpaired) electrons. The van der Waals surface area contributed by atoms with Crippen LogP contribution in [0.15, 0.2) is 24.4 Å². The molecule has 2 fully saturated rings. The number of nitrogens with zero attached hydrogens (tertiary/aromatic N) is 1. The summed E-state index contributed by atoms with van der Waals surface area (Å²) < 4.78 is 10.7. The molecule has 0 unspecified atom stereocenters. The maximum atomic E-state index is 9.64. The second-order valence-corrected chi connectivity index (χ2v) is 4.72. The largest absolute Gasteiger partial charge is 0.396 e. The topological polar surface area (TPSA) is 51.6 Å². The van der Waals surface area contributed by atoms with Gasteiger partial charge in [-0.15, -0.1) is 0 Å². The lowest BCUT2D eigenvalue weighted by Gasteiger charge is -2.58. The summed E-state index contributed by atoms with van der Waals surface area (Å²) >= 11 is 0. The first-order valence-electron chi connectivity index (χ1n) is 5.51. The van der Waals surface area contributed by atoms with Gasteiger partial charge in [-0.2, -0.15) is 0 Å². The number of hydrogen-bond donors (Lipinski definition) is 1. The van der Waals surface area contributed by atoms with Crippen LogP contribution in [-0.2, 0) is 14.9 Å². The fourth-order valence-electron chi connectivity index (χ4n) is 2.55. The lowest BCUT2D eigenvalue weighted by molar-refractivity contribution is -0.243. The maximum absolute atomic E-state index is 9.64. The number of pyridine rings is 1. The molecule has 0 amide bonds. The molecule has 1 aromatic heterocycles. The number of rotatable bonds is 3. The highest BCUT2D eigenvalue weighted by Crippen LogP contribution is 2.50. The van der Waals surface area contributed by atoms with Gasteiger partial charge >= 0.3 is 0 Å². The molecule has 1 aromatic rings. The van der Waals surface area contributed by atoms with Crippen LogP contribution in [0.4, 0.5) is 0 Å². The van der Waals surface area contributed by atoms with Gasteiger partial charge < -0.3 is 14.6 Å². The molecular formula is C12H15NO3. The van der Waals surface area contributed by atoms with Crippen LogP contribution in [0.2, 0.25) is 0 Å². The molecule has 3 rings (SSSR count). The second-order valence-electron chi connectivity index (χ2n) is 4.72. The average molecular weight is 221 g/mol. The van der Waals surface area contributed by atoms with E-state index in [2.05, 4.69) is 4.98 Å². The van der Waals surface area contributed by atoms with Gasteiger partial charge in [0.15, 0.2) is 0 Å². The Morgan fingerprint density at radius 2 is 1.94 bits per heavy atom. The molecule has 2 saturated heterocycles. The molecule has 0 saturated carbocycles. The molecule has 86 valence electrons. The lowest BCUT2D eigenvalue weighted by Crippen LogP contribution is -2.68. The van der Waals surface area contributed by atoms with Crippen molar-refractivity contribution < 1.29 is 14.6 Å². The smallest absolute Gasteiger partial charge is 0.0715 e. The normalized spacial score (nSPS) is 25.6. The molecule has 0 aliphatic carbocycles. The lowest BCUT2D eigenvalue weighted by atomic mass is 9.59. The summed E-state index contributed by atoms with van der Waals surface area (Å²) in [6.07, 6.45) is 1.79. The van der Waals surface area contributed by atoms with E-state index in [0.717, 1.165) is 5.69 Å². The first-order valence-corrected chi connectivity index (χ1v) is 5.51. The van der Waals surface area contributed by atoms with Crippen LogP contribution in [0, 0.1) is 5.41 Å². The third-order valence-electron chi connectivity index (χ3n) is 3.93. The van der Waals surface area contributed by atoms with Gasteiger partial charge in [0.05, 0.1) is 49.6 Å². The molecule has 3 heterocycles. The van der Waals surface area contributed by atoms with Gasteiger partial charge in [-0.25, -0.2) is 0 Å². The molecule has 0 spiro atoms. The molecule has 4 nitrogen and oxygen atoms in total. The summed E-state index contributed by atoms with van der Waals surface area (Å²) in [7, 11) is 0. The van der Waals surface area contributed by atoms with E-state index in [9.17, 15) is 5.11 Å². The molecule has 0 aromatic carbocycles. The van der Waals surface area contributed by atoms with E-state index in [1.54, 1.807) is 6.20 Å². The highest BCUT2D eigenvalue weighted by molar-refractivity contribution is 5.27. The summed E-state index contributed by atoms with van der Waals surface area (Å²) in [5.41, 5.74) is 0.666. The molecule has 0 atom stereocenters. The first kappa shape index (κ1) is 10.2. The van der Waals surface area contributed by atoms with E-state index in [1.807, 2.05) is 18.2 Å². The number of aromatic nitrogens is 1. The van der Waals surface area contributed by atoms with Crippen molar-refractivity contribution in [1.82, 2.24) is 4.98 Å². The van der Waals surface area contributed by atoms with Gasteiger partial charge in [-0.3, -0.25) is 4.98 Å². The Morgan fingerprint density at radius 3 is 2.31 bits per heavy atom. The molecule has 2 aliphatic heterocycles. The number of aliphatic hydroxyl groups is 1. The van der Waals surface area contributed by atoms with Gasteiger partial charge in [0.1, 0.15) is 0 Å². The van der Waals surface area contributed by atoms with Crippen LogP contribution in [0.3, 0.4) is 0 Å². The SMILES string of the molecule is OCC1(C2(c3ccccn3)COC2)COC1. The van der Waals surface area contributed by atoms with Crippen molar-refractivity contribution in [3.63, 3.8) is 0 Å². The third-order valence-corrected chi connectivity index (χ3v) is 3.93. The van der Waals surface area contributed by atoms with Crippen LogP contribution < -0.4 is 0 Å². The maximum Gasteiger partial charge on any atom is 0.0715 e. The summed E-state index contributed by atoms with van der Waals surface area (Å²) in [5, 5.41) is 9.64. The van der Waals surface area contributed by atoms with Gasteiger partial charge in [0, 0.05) is 6.20 Å². The molecule has 2 aliphatic rings. The summed E-state index contributed by atoms with van der Waals surface area (Å²) in [4.78, 5) is 4.42. The van der Waals surface area contributed by atoms with Gasteiger partial charge in [-0.1, -0.05) is 6.07 Å². The Bertz CT molecular complexity index is 366. The highest BCUT2D eigenvalue weighted by Gasteiger charge is 2.61. The first-order chi connectivity index (χ1) is 7.83. The van der Waals surface area contributed by atoms with Crippen LogP contribution in [0.1, 0.15) is 5.69 Å². The minimum absolute atomic E-state index is 0.132. The Kier molecular flexibility index (Phi) is 2.24. The van der Waals surface area contributed by atoms with E-state index in [1.165, 1.54) is 0 Å². The second kappa shape index (κ2) is 3.52. The van der Waals surface area contributed by atoms with Gasteiger partial charge in [0.2, 0.25) is 0 Å². The molecule has 4 heteroatoms. The standard InChI is InChI=1S/C12H15NO3/c14-5-11(6-15-7-11)12(8-16-9-12)10-3-1-2-4-13-10/h1-4,14H,5-9H2. The predicted octanol–water partition coefficient (Wildman–Crippen LogP) is 0.358. The van der Waals surface area contributed by atoms with E-state index >= 15 is 0 Å². The number of hydrogen-bond acceptors (Lipinski definition) is 4. The van der Waals surface area contributed by atoms with Crippen molar-refractivity contribution in [1.29, 1.82) is 0 Å². The Labute approximate surface area is 94.2 Å². The van der Waals surface area contributed by atoms with Gasteiger partial charge in [0.25, 0.3) is 0 Å². The van der Waals surface area contributed by atoms with Crippen LogP contribution in [0.25, 0.3) is 0 Å². The molecular weight excluding hydrogens is 206 g/mol. The zero-order valence-electron chi connectivity index (χ0n) is 9.06. The predicted molar refractivity (Wildman–Crippen MR) is 57.1 cm³/mol. The fourth-order valence-corrected chi connectivity index (χ4v) is 2.55. The average Bonchev–Trinajstić information content (AvgIpc) is 2.22. The Morgan fingerprint density at radius 1 is 1.19 bits per heavy atom. The number of ether oxygens (including phenoxy) is 2. The van der Waals surface area contributed by atoms with E-state index in [0.29, 0.717) is 26.4 Å². The molecule has 16 heavy (non-hydrogen) atoms. The van der Waals surface area contributed by atoms with Gasteiger partial charge in [-0.05, 0) is 12.1 Å². The zero-order chi connectivity index (χ0) is 11.1. The van der Waals surface area contributed by atoms with Crippen LogP contribution in [0.5, 0.6) is 0 Å². The summed E-state index contributed by atoms with van der Waals surface area (Å²) in [6.45, 7) is 2.60. The highest BCUT2D eigenvalue weighted by atomic mass is 16.5. The number of aliphatic hydroxyl groups excluding tert-OH is 1. The monoisotopic (exact) mass is 221 g/mol. The van der Waals surface area contributed by atoms with Crippen molar-refractivity contribution in [2.45, 2.75) is 5.41 Å². The Balaban J connectivity index is 2.00. The third kappa shape index (κ3) is 1.12. The van der Waals surface area contributed by atoms with Crippen LogP contribution >= 0.6 is 0 Å². The molecule has 1 N–H and O–H groups in total. The van der Waals surface area contributed by atoms with Crippen LogP contribution in [-0.4, -0.2) is 43.1 Å². The van der Waals surface area contributed by atoms with E-state index in [4.69, 9.17) is 9.47 Å². The minimum Gasteiger partial charge on any atom is -0.396 e. The molecule has 0 bridgehead atoms. The van der Waals surface area contributed by atoms with Crippen molar-refractivity contribution in [3.8, 4) is 0 Å². The quantitative estimate of drug-likeness (QED) is 0.800. The van der Waals surface area contributed by atoms with E-state index in [-0.39, 0.29) is 17.4 Å².